The molecule has 0 spiro atoms. The van der Waals surface area contributed by atoms with Gasteiger partial charge in [-0.3, -0.25) is 14.9 Å². The molecule has 6 heteroatoms. The van der Waals surface area contributed by atoms with E-state index in [2.05, 4.69) is 10.6 Å². The van der Waals surface area contributed by atoms with E-state index in [0.717, 1.165) is 12.1 Å². The van der Waals surface area contributed by atoms with Gasteiger partial charge in [0.2, 0.25) is 5.91 Å². The third kappa shape index (κ3) is 4.33. The first-order chi connectivity index (χ1) is 8.95. The summed E-state index contributed by atoms with van der Waals surface area (Å²) in [6, 6.07) is 4.74. The molecule has 1 atom stereocenters. The molecule has 0 radical (unpaired) electrons. The van der Waals surface area contributed by atoms with E-state index in [9.17, 15) is 14.9 Å². The Balaban J connectivity index is 2.81. The molecule has 0 aliphatic rings. The van der Waals surface area contributed by atoms with Crippen molar-refractivity contribution < 1.29 is 9.72 Å². The van der Waals surface area contributed by atoms with Gasteiger partial charge in [-0.1, -0.05) is 19.9 Å². The Morgan fingerprint density at radius 2 is 2.16 bits per heavy atom. The van der Waals surface area contributed by atoms with E-state index in [1.165, 1.54) is 6.07 Å². The van der Waals surface area contributed by atoms with Crippen molar-refractivity contribution in [2.75, 3.05) is 18.4 Å². The first-order valence-corrected chi connectivity index (χ1v) is 6.22. The number of aryl methyl sites for hydroxylation is 1. The van der Waals surface area contributed by atoms with E-state index in [4.69, 9.17) is 0 Å². The summed E-state index contributed by atoms with van der Waals surface area (Å²) < 4.78 is 0. The van der Waals surface area contributed by atoms with Crippen LogP contribution < -0.4 is 10.6 Å². The minimum atomic E-state index is -0.489. The van der Waals surface area contributed by atoms with Crippen molar-refractivity contribution in [1.29, 1.82) is 0 Å². The molecule has 0 saturated heterocycles. The molecule has 2 N–H and O–H groups in total. The molecular formula is C13H19N3O3. The van der Waals surface area contributed by atoms with E-state index >= 15 is 0 Å². The van der Waals surface area contributed by atoms with Crippen LogP contribution in [0.15, 0.2) is 18.2 Å². The van der Waals surface area contributed by atoms with Crippen molar-refractivity contribution in [3.8, 4) is 0 Å². The number of hydrogen-bond acceptors (Lipinski definition) is 4. The summed E-state index contributed by atoms with van der Waals surface area (Å²) in [7, 11) is 0. The number of anilines is 1. The molecule has 0 aliphatic carbocycles. The summed E-state index contributed by atoms with van der Waals surface area (Å²) in [5.74, 6) is -0.478. The summed E-state index contributed by atoms with van der Waals surface area (Å²) in [6.07, 6.45) is 0. The lowest BCUT2D eigenvalue weighted by atomic mass is 10.1. The van der Waals surface area contributed by atoms with Crippen molar-refractivity contribution in [3.05, 3.63) is 33.9 Å². The Hall–Kier alpha value is -1.95. The molecule has 0 aliphatic heterocycles. The smallest absolute Gasteiger partial charge is 0.293 e. The van der Waals surface area contributed by atoms with E-state index in [-0.39, 0.29) is 23.2 Å². The third-order valence-electron chi connectivity index (χ3n) is 2.76. The Kier molecular flexibility index (Phi) is 5.44. The van der Waals surface area contributed by atoms with Crippen LogP contribution in [0.5, 0.6) is 0 Å². The zero-order valence-corrected chi connectivity index (χ0v) is 11.4. The second kappa shape index (κ2) is 6.84. The van der Waals surface area contributed by atoms with Gasteiger partial charge in [0, 0.05) is 18.5 Å². The number of nitro benzene ring substituents is 1. The van der Waals surface area contributed by atoms with Crippen LogP contribution in [0.4, 0.5) is 11.4 Å². The number of nitrogens with one attached hydrogen (secondary N) is 2. The Morgan fingerprint density at radius 3 is 2.74 bits per heavy atom. The second-order valence-corrected chi connectivity index (χ2v) is 4.48. The molecule has 0 saturated carbocycles. The second-order valence-electron chi connectivity index (χ2n) is 4.48. The van der Waals surface area contributed by atoms with Crippen molar-refractivity contribution in [3.63, 3.8) is 0 Å². The maximum Gasteiger partial charge on any atom is 0.293 e. The number of rotatable bonds is 6. The van der Waals surface area contributed by atoms with Crippen LogP contribution in [-0.2, 0) is 4.79 Å². The van der Waals surface area contributed by atoms with E-state index in [1.54, 1.807) is 26.0 Å². The molecule has 0 heterocycles. The molecule has 104 valence electrons. The van der Waals surface area contributed by atoms with Gasteiger partial charge in [-0.15, -0.1) is 0 Å². The highest BCUT2D eigenvalue weighted by atomic mass is 16.6. The number of carbonyl (C=O) groups excluding carboxylic acids is 1. The summed E-state index contributed by atoms with van der Waals surface area (Å²) in [5.41, 5.74) is 0.943. The van der Waals surface area contributed by atoms with Crippen LogP contribution in [-0.4, -0.2) is 23.9 Å². The summed E-state index contributed by atoms with van der Waals surface area (Å²) in [5, 5.41) is 16.6. The lowest BCUT2D eigenvalue weighted by molar-refractivity contribution is -0.384. The standard InChI is InChI=1S/C13H19N3O3/c1-4-14-8-10(3)13(17)15-11-6-5-9(2)7-12(11)16(18)19/h5-7,10,14H,4,8H2,1-3H3,(H,15,17). The quantitative estimate of drug-likeness (QED) is 0.609. The fourth-order valence-corrected chi connectivity index (χ4v) is 1.61. The lowest BCUT2D eigenvalue weighted by Gasteiger charge is -2.12. The maximum absolute atomic E-state index is 11.9. The summed E-state index contributed by atoms with van der Waals surface area (Å²) in [6.45, 7) is 6.82. The van der Waals surface area contributed by atoms with Crippen LogP contribution in [0.3, 0.4) is 0 Å². The topological polar surface area (TPSA) is 84.3 Å². The summed E-state index contributed by atoms with van der Waals surface area (Å²) >= 11 is 0. The number of hydrogen-bond donors (Lipinski definition) is 2. The van der Waals surface area contributed by atoms with Gasteiger partial charge in [0.05, 0.1) is 4.92 Å². The SMILES string of the molecule is CCNCC(C)C(=O)Nc1ccc(C)cc1[N+](=O)[O-]. The van der Waals surface area contributed by atoms with Crippen LogP contribution in [0.1, 0.15) is 19.4 Å². The van der Waals surface area contributed by atoms with Gasteiger partial charge in [0.25, 0.3) is 5.69 Å². The molecule has 1 amide bonds. The Morgan fingerprint density at radius 1 is 1.47 bits per heavy atom. The molecule has 1 rings (SSSR count). The van der Waals surface area contributed by atoms with Crippen LogP contribution in [0, 0.1) is 23.0 Å². The molecule has 1 unspecified atom stereocenters. The van der Waals surface area contributed by atoms with Crippen molar-refractivity contribution in [1.82, 2.24) is 5.32 Å². The molecule has 1 aromatic carbocycles. The molecule has 0 bridgehead atoms. The normalized spacial score (nSPS) is 11.9. The molecule has 6 nitrogen and oxygen atoms in total. The predicted molar refractivity (Wildman–Crippen MR) is 74.2 cm³/mol. The largest absolute Gasteiger partial charge is 0.320 e. The highest BCUT2D eigenvalue weighted by molar-refractivity contribution is 5.94. The van der Waals surface area contributed by atoms with Gasteiger partial charge < -0.3 is 10.6 Å². The highest BCUT2D eigenvalue weighted by Crippen LogP contribution is 2.25. The lowest BCUT2D eigenvalue weighted by Crippen LogP contribution is -2.30. The van der Waals surface area contributed by atoms with Crippen LogP contribution >= 0.6 is 0 Å². The van der Waals surface area contributed by atoms with Gasteiger partial charge in [-0.2, -0.15) is 0 Å². The predicted octanol–water partition coefficient (Wildman–Crippen LogP) is 2.09. The molecule has 19 heavy (non-hydrogen) atoms. The van der Waals surface area contributed by atoms with Gasteiger partial charge >= 0.3 is 0 Å². The van der Waals surface area contributed by atoms with Gasteiger partial charge in [-0.05, 0) is 25.1 Å². The average molecular weight is 265 g/mol. The number of nitrogens with zero attached hydrogens (tertiary/aromatic N) is 1. The summed E-state index contributed by atoms with van der Waals surface area (Å²) in [4.78, 5) is 22.4. The van der Waals surface area contributed by atoms with E-state index < -0.39 is 4.92 Å². The van der Waals surface area contributed by atoms with Crippen molar-refractivity contribution >= 4 is 17.3 Å². The zero-order valence-electron chi connectivity index (χ0n) is 11.4. The van der Waals surface area contributed by atoms with Gasteiger partial charge in [0.1, 0.15) is 5.69 Å². The molecule has 0 fully saturated rings. The fourth-order valence-electron chi connectivity index (χ4n) is 1.61. The van der Waals surface area contributed by atoms with E-state index in [0.29, 0.717) is 6.54 Å². The Bertz CT molecular complexity index is 474. The fraction of sp³-hybridized carbons (Fsp3) is 0.462. The highest BCUT2D eigenvalue weighted by Gasteiger charge is 2.18. The molecule has 0 aromatic heterocycles. The first-order valence-electron chi connectivity index (χ1n) is 6.22. The minimum Gasteiger partial charge on any atom is -0.320 e. The van der Waals surface area contributed by atoms with Crippen molar-refractivity contribution in [2.24, 2.45) is 5.92 Å². The average Bonchev–Trinajstić information content (AvgIpc) is 2.37. The van der Waals surface area contributed by atoms with Gasteiger partial charge in [0.15, 0.2) is 0 Å². The van der Waals surface area contributed by atoms with E-state index in [1.807, 2.05) is 6.92 Å². The van der Waals surface area contributed by atoms with Gasteiger partial charge in [-0.25, -0.2) is 0 Å². The number of nitro groups is 1. The number of carbonyl (C=O) groups is 1. The third-order valence-corrected chi connectivity index (χ3v) is 2.76. The number of benzene rings is 1. The van der Waals surface area contributed by atoms with Crippen molar-refractivity contribution in [2.45, 2.75) is 20.8 Å². The van der Waals surface area contributed by atoms with Crippen LogP contribution in [0.25, 0.3) is 0 Å². The minimum absolute atomic E-state index is 0.0796. The number of amides is 1. The maximum atomic E-state index is 11.9. The molecule has 1 aromatic rings. The Labute approximate surface area is 112 Å². The van der Waals surface area contributed by atoms with Crippen LogP contribution in [0.2, 0.25) is 0 Å². The first kappa shape index (κ1) is 15.1. The zero-order chi connectivity index (χ0) is 14.4. The monoisotopic (exact) mass is 265 g/mol. The molecular weight excluding hydrogens is 246 g/mol.